The van der Waals surface area contributed by atoms with Gasteiger partial charge in [0.1, 0.15) is 5.75 Å². The molecule has 19 heavy (non-hydrogen) atoms. The van der Waals surface area contributed by atoms with Crippen molar-refractivity contribution >= 4 is 33.3 Å². The quantitative estimate of drug-likeness (QED) is 0.753. The monoisotopic (exact) mass is 338 g/mol. The summed E-state index contributed by atoms with van der Waals surface area (Å²) >= 11 is 9.28. The van der Waals surface area contributed by atoms with E-state index >= 15 is 0 Å². The van der Waals surface area contributed by atoms with Crippen molar-refractivity contribution in [2.75, 3.05) is 6.61 Å². The van der Waals surface area contributed by atoms with Crippen LogP contribution in [0.4, 0.5) is 0 Å². The summed E-state index contributed by atoms with van der Waals surface area (Å²) in [5, 5.41) is 0.531. The molecule has 0 saturated carbocycles. The Balaban J connectivity index is 2.28. The van der Waals surface area contributed by atoms with Gasteiger partial charge in [0, 0.05) is 20.6 Å². The zero-order valence-corrected chi connectivity index (χ0v) is 12.7. The molecule has 0 aromatic heterocycles. The Labute approximate surface area is 125 Å². The van der Waals surface area contributed by atoms with Crippen molar-refractivity contribution < 1.29 is 9.53 Å². The molecular weight excluding hydrogens is 328 g/mol. The van der Waals surface area contributed by atoms with Crippen LogP contribution in [-0.4, -0.2) is 12.4 Å². The van der Waals surface area contributed by atoms with Crippen molar-refractivity contribution in [1.29, 1.82) is 0 Å². The Hall–Kier alpha value is -1.32. The van der Waals surface area contributed by atoms with Gasteiger partial charge in [-0.05, 0) is 49.4 Å². The van der Waals surface area contributed by atoms with E-state index in [1.807, 2.05) is 6.92 Å². The van der Waals surface area contributed by atoms with E-state index in [4.69, 9.17) is 16.3 Å². The summed E-state index contributed by atoms with van der Waals surface area (Å²) in [6.07, 6.45) is 0. The third kappa shape index (κ3) is 3.58. The van der Waals surface area contributed by atoms with Gasteiger partial charge in [0.25, 0.3) is 0 Å². The third-order valence-electron chi connectivity index (χ3n) is 2.55. The third-order valence-corrected chi connectivity index (χ3v) is 3.23. The van der Waals surface area contributed by atoms with Crippen molar-refractivity contribution in [3.8, 4) is 5.75 Å². The van der Waals surface area contributed by atoms with Crippen LogP contribution < -0.4 is 4.74 Å². The molecule has 0 aliphatic carbocycles. The van der Waals surface area contributed by atoms with Gasteiger partial charge >= 0.3 is 0 Å². The summed E-state index contributed by atoms with van der Waals surface area (Å²) < 4.78 is 6.13. The molecule has 98 valence electrons. The maximum Gasteiger partial charge on any atom is 0.193 e. The Bertz CT molecular complexity index is 573. The van der Waals surface area contributed by atoms with Crippen LogP contribution in [0.3, 0.4) is 0 Å². The standard InChI is InChI=1S/C15H12BrClO2/c1-2-19-14-5-3-10(4-6-14)15(18)11-7-12(16)9-13(17)8-11/h3-9H,2H2,1H3. The summed E-state index contributed by atoms with van der Waals surface area (Å²) in [6.45, 7) is 2.52. The number of hydrogen-bond acceptors (Lipinski definition) is 2. The minimum absolute atomic E-state index is 0.0637. The smallest absolute Gasteiger partial charge is 0.193 e. The summed E-state index contributed by atoms with van der Waals surface area (Å²) in [4.78, 5) is 12.3. The van der Waals surface area contributed by atoms with Gasteiger partial charge in [-0.25, -0.2) is 0 Å². The van der Waals surface area contributed by atoms with E-state index in [0.29, 0.717) is 22.8 Å². The first-order valence-electron chi connectivity index (χ1n) is 5.84. The van der Waals surface area contributed by atoms with Crippen molar-refractivity contribution in [2.24, 2.45) is 0 Å². The predicted molar refractivity (Wildman–Crippen MR) is 80.2 cm³/mol. The zero-order valence-electron chi connectivity index (χ0n) is 10.3. The van der Waals surface area contributed by atoms with E-state index in [0.717, 1.165) is 10.2 Å². The molecule has 0 aliphatic heterocycles. The lowest BCUT2D eigenvalue weighted by Gasteiger charge is -2.05. The fourth-order valence-electron chi connectivity index (χ4n) is 1.72. The molecule has 0 heterocycles. The molecule has 0 unspecified atom stereocenters. The number of benzene rings is 2. The van der Waals surface area contributed by atoms with Crippen LogP contribution in [0.1, 0.15) is 22.8 Å². The van der Waals surface area contributed by atoms with Crippen LogP contribution in [0.2, 0.25) is 5.02 Å². The molecule has 4 heteroatoms. The lowest BCUT2D eigenvalue weighted by molar-refractivity contribution is 0.103. The summed E-state index contributed by atoms with van der Waals surface area (Å²) in [6, 6.07) is 12.2. The molecule has 0 atom stereocenters. The molecule has 0 N–H and O–H groups in total. The average molecular weight is 340 g/mol. The van der Waals surface area contributed by atoms with E-state index in [2.05, 4.69) is 15.9 Å². The SMILES string of the molecule is CCOc1ccc(C(=O)c2cc(Cl)cc(Br)c2)cc1. The highest BCUT2D eigenvalue weighted by atomic mass is 79.9. The molecule has 2 rings (SSSR count). The van der Waals surface area contributed by atoms with Crippen LogP contribution in [0.15, 0.2) is 46.9 Å². The second-order valence-electron chi connectivity index (χ2n) is 3.94. The predicted octanol–water partition coefficient (Wildman–Crippen LogP) is 4.73. The van der Waals surface area contributed by atoms with Crippen LogP contribution in [0.25, 0.3) is 0 Å². The molecule has 2 aromatic rings. The van der Waals surface area contributed by atoms with E-state index in [9.17, 15) is 4.79 Å². The topological polar surface area (TPSA) is 26.3 Å². The molecule has 2 nitrogen and oxygen atoms in total. The second-order valence-corrected chi connectivity index (χ2v) is 5.30. The largest absolute Gasteiger partial charge is 0.494 e. The van der Waals surface area contributed by atoms with Crippen molar-refractivity contribution in [1.82, 2.24) is 0 Å². The van der Waals surface area contributed by atoms with Gasteiger partial charge in [-0.2, -0.15) is 0 Å². The Kier molecular flexibility index (Phi) is 4.61. The Morgan fingerprint density at radius 3 is 2.42 bits per heavy atom. The van der Waals surface area contributed by atoms with E-state index in [-0.39, 0.29) is 5.78 Å². The molecule has 0 radical (unpaired) electrons. The maximum absolute atomic E-state index is 12.3. The van der Waals surface area contributed by atoms with Gasteiger partial charge < -0.3 is 4.74 Å². The van der Waals surface area contributed by atoms with Gasteiger partial charge in [0.05, 0.1) is 6.61 Å². The summed E-state index contributed by atoms with van der Waals surface area (Å²) in [7, 11) is 0. The van der Waals surface area contributed by atoms with Crippen molar-refractivity contribution in [3.05, 3.63) is 63.1 Å². The highest BCUT2D eigenvalue weighted by Gasteiger charge is 2.10. The molecule has 0 aliphatic rings. The van der Waals surface area contributed by atoms with Crippen LogP contribution in [0.5, 0.6) is 5.75 Å². The molecule has 0 bridgehead atoms. The van der Waals surface area contributed by atoms with Gasteiger partial charge in [-0.3, -0.25) is 4.79 Å². The highest BCUT2D eigenvalue weighted by molar-refractivity contribution is 9.10. The van der Waals surface area contributed by atoms with E-state index < -0.39 is 0 Å². The molecule has 2 aromatic carbocycles. The van der Waals surface area contributed by atoms with E-state index in [1.54, 1.807) is 42.5 Å². The van der Waals surface area contributed by atoms with Gasteiger partial charge in [-0.1, -0.05) is 27.5 Å². The van der Waals surface area contributed by atoms with Crippen molar-refractivity contribution in [2.45, 2.75) is 6.92 Å². The number of carbonyl (C=O) groups is 1. The maximum atomic E-state index is 12.3. The fraction of sp³-hybridized carbons (Fsp3) is 0.133. The minimum Gasteiger partial charge on any atom is -0.494 e. The van der Waals surface area contributed by atoms with Crippen molar-refractivity contribution in [3.63, 3.8) is 0 Å². The van der Waals surface area contributed by atoms with Gasteiger partial charge in [0.15, 0.2) is 5.78 Å². The zero-order chi connectivity index (χ0) is 13.8. The number of carbonyl (C=O) groups excluding carboxylic acids is 1. The lowest BCUT2D eigenvalue weighted by Crippen LogP contribution is -2.01. The number of rotatable bonds is 4. The molecular formula is C15H12BrClO2. The van der Waals surface area contributed by atoms with Crippen LogP contribution >= 0.6 is 27.5 Å². The number of hydrogen-bond donors (Lipinski definition) is 0. The Morgan fingerprint density at radius 2 is 1.84 bits per heavy atom. The second kappa shape index (κ2) is 6.22. The first kappa shape index (κ1) is 14.1. The molecule has 0 fully saturated rings. The first-order valence-corrected chi connectivity index (χ1v) is 7.01. The summed E-state index contributed by atoms with van der Waals surface area (Å²) in [5.74, 6) is 0.692. The van der Waals surface area contributed by atoms with Gasteiger partial charge in [-0.15, -0.1) is 0 Å². The lowest BCUT2D eigenvalue weighted by atomic mass is 10.0. The number of ketones is 1. The van der Waals surface area contributed by atoms with E-state index in [1.165, 1.54) is 0 Å². The molecule has 0 spiro atoms. The van der Waals surface area contributed by atoms with Crippen LogP contribution in [0, 0.1) is 0 Å². The number of halogens is 2. The Morgan fingerprint density at radius 1 is 1.16 bits per heavy atom. The highest BCUT2D eigenvalue weighted by Crippen LogP contribution is 2.22. The minimum atomic E-state index is -0.0637. The molecule has 0 amide bonds. The first-order chi connectivity index (χ1) is 9.10. The summed E-state index contributed by atoms with van der Waals surface area (Å²) in [5.41, 5.74) is 1.17. The van der Waals surface area contributed by atoms with Gasteiger partial charge in [0.2, 0.25) is 0 Å². The van der Waals surface area contributed by atoms with Crippen LogP contribution in [-0.2, 0) is 0 Å². The fourth-order valence-corrected chi connectivity index (χ4v) is 2.58. The normalized spacial score (nSPS) is 10.3. The molecule has 0 saturated heterocycles. The number of ether oxygens (including phenoxy) is 1. The average Bonchev–Trinajstić information content (AvgIpc) is 2.38.